The molecule has 0 saturated heterocycles. The van der Waals surface area contributed by atoms with E-state index in [-0.39, 0.29) is 5.56 Å². The van der Waals surface area contributed by atoms with Crippen LogP contribution in [0.5, 0.6) is 0 Å². The fourth-order valence-corrected chi connectivity index (χ4v) is 3.09. The fourth-order valence-electron chi connectivity index (χ4n) is 1.93. The van der Waals surface area contributed by atoms with Gasteiger partial charge in [0, 0.05) is 6.07 Å². The van der Waals surface area contributed by atoms with E-state index in [1.54, 1.807) is 12.3 Å². The summed E-state index contributed by atoms with van der Waals surface area (Å²) in [5.41, 5.74) is 1.96. The second kappa shape index (κ2) is 5.13. The zero-order valence-corrected chi connectivity index (χ0v) is 13.0. The summed E-state index contributed by atoms with van der Waals surface area (Å²) in [6.07, 6.45) is 1.72. The first-order valence-electron chi connectivity index (χ1n) is 6.49. The Balaban J connectivity index is 2.22. The maximum Gasteiger partial charge on any atom is 0.267 e. The molecule has 0 aliphatic heterocycles. The van der Waals surface area contributed by atoms with E-state index in [1.807, 2.05) is 6.92 Å². The van der Waals surface area contributed by atoms with Crippen LogP contribution in [0.4, 0.5) is 0 Å². The lowest BCUT2D eigenvalue weighted by atomic mass is 10.2. The largest absolute Gasteiger partial charge is 0.268 e. The van der Waals surface area contributed by atoms with Crippen LogP contribution in [-0.2, 0) is 6.54 Å². The fraction of sp³-hybridized carbons (Fsp3) is 0.333. The molecule has 0 aliphatic rings. The van der Waals surface area contributed by atoms with Crippen LogP contribution in [0.3, 0.4) is 0 Å². The van der Waals surface area contributed by atoms with Crippen LogP contribution >= 0.6 is 0 Å². The van der Waals surface area contributed by atoms with Gasteiger partial charge in [-0.3, -0.25) is 4.79 Å². The van der Waals surface area contributed by atoms with E-state index in [1.165, 1.54) is 9.87 Å². The quantitative estimate of drug-likeness (QED) is 0.802. The van der Waals surface area contributed by atoms with Crippen LogP contribution in [0.2, 0.25) is 19.6 Å². The van der Waals surface area contributed by atoms with E-state index < -0.39 is 8.07 Å². The van der Waals surface area contributed by atoms with Gasteiger partial charge in [-0.15, -0.1) is 0 Å². The van der Waals surface area contributed by atoms with E-state index in [2.05, 4.69) is 49.0 Å². The Morgan fingerprint density at radius 1 is 1.16 bits per heavy atom. The monoisotopic (exact) mass is 272 g/mol. The van der Waals surface area contributed by atoms with Gasteiger partial charge in [0.05, 0.1) is 20.8 Å². The third kappa shape index (κ3) is 3.41. The molecule has 0 radical (unpaired) electrons. The lowest BCUT2D eigenvalue weighted by Gasteiger charge is -2.16. The summed E-state index contributed by atoms with van der Waals surface area (Å²) in [6, 6.07) is 10.2. The van der Waals surface area contributed by atoms with E-state index in [9.17, 15) is 4.79 Å². The summed E-state index contributed by atoms with van der Waals surface area (Å²) >= 11 is 0. The van der Waals surface area contributed by atoms with E-state index >= 15 is 0 Å². The molecule has 0 atom stereocenters. The molecule has 2 rings (SSSR count). The Bertz CT molecular complexity index is 624. The second-order valence-corrected chi connectivity index (χ2v) is 11.1. The third-order valence-corrected chi connectivity index (χ3v) is 5.22. The van der Waals surface area contributed by atoms with Gasteiger partial charge >= 0.3 is 0 Å². The summed E-state index contributed by atoms with van der Waals surface area (Å²) < 4.78 is 1.50. The molecule has 0 bridgehead atoms. The molecule has 1 aromatic carbocycles. The first-order chi connectivity index (χ1) is 8.86. The van der Waals surface area contributed by atoms with Crippen molar-refractivity contribution >= 4 is 13.3 Å². The topological polar surface area (TPSA) is 34.9 Å². The predicted octanol–water partition coefficient (Wildman–Crippen LogP) is 2.15. The lowest BCUT2D eigenvalue weighted by Crippen LogP contribution is -2.37. The summed E-state index contributed by atoms with van der Waals surface area (Å²) in [4.78, 5) is 11.8. The van der Waals surface area contributed by atoms with Gasteiger partial charge in [-0.25, -0.2) is 4.68 Å². The average Bonchev–Trinajstić information content (AvgIpc) is 2.32. The number of hydrogen-bond acceptors (Lipinski definition) is 2. The van der Waals surface area contributed by atoms with Crippen LogP contribution in [-0.4, -0.2) is 17.9 Å². The molecule has 4 heteroatoms. The van der Waals surface area contributed by atoms with Gasteiger partial charge in [0.2, 0.25) is 0 Å². The maximum absolute atomic E-state index is 11.8. The number of aryl methyl sites for hydroxylation is 1. The molecular formula is C15H20N2OSi. The van der Waals surface area contributed by atoms with Gasteiger partial charge in [-0.1, -0.05) is 49.1 Å². The molecule has 0 aliphatic carbocycles. The molecule has 19 heavy (non-hydrogen) atoms. The summed E-state index contributed by atoms with van der Waals surface area (Å²) in [7, 11) is -1.25. The van der Waals surface area contributed by atoms with Crippen LogP contribution in [0.1, 0.15) is 11.1 Å². The zero-order valence-electron chi connectivity index (χ0n) is 12.0. The normalized spacial score (nSPS) is 11.6. The molecule has 0 amide bonds. The summed E-state index contributed by atoms with van der Waals surface area (Å²) in [5.74, 6) is 0. The zero-order chi connectivity index (χ0) is 14.0. The number of hydrogen-bond donors (Lipinski definition) is 0. The number of aromatic nitrogens is 2. The van der Waals surface area contributed by atoms with E-state index in [4.69, 9.17) is 0 Å². The van der Waals surface area contributed by atoms with Crippen LogP contribution in [0.15, 0.2) is 41.3 Å². The third-order valence-electron chi connectivity index (χ3n) is 3.16. The smallest absolute Gasteiger partial charge is 0.267 e. The van der Waals surface area contributed by atoms with Crippen molar-refractivity contribution in [3.05, 3.63) is 58.0 Å². The SMILES string of the molecule is Cc1cnn(Cc2ccc([Si](C)(C)C)cc2)c(=O)c1. The standard InChI is InChI=1S/C15H20N2OSi/c1-12-9-15(18)17(16-10-12)11-13-5-7-14(8-6-13)19(2,3)4/h5-10H,11H2,1-4H3. The highest BCUT2D eigenvalue weighted by molar-refractivity contribution is 6.88. The van der Waals surface area contributed by atoms with Crippen molar-refractivity contribution in [3.8, 4) is 0 Å². The minimum absolute atomic E-state index is 0.0470. The minimum Gasteiger partial charge on any atom is -0.268 e. The van der Waals surface area contributed by atoms with Crippen molar-refractivity contribution in [2.75, 3.05) is 0 Å². The summed E-state index contributed by atoms with van der Waals surface area (Å²) in [5, 5.41) is 5.59. The molecule has 1 aromatic heterocycles. The van der Waals surface area contributed by atoms with E-state index in [0.717, 1.165) is 11.1 Å². The van der Waals surface area contributed by atoms with Gasteiger partial charge in [-0.2, -0.15) is 5.10 Å². The predicted molar refractivity (Wildman–Crippen MR) is 81.8 cm³/mol. The Labute approximate surface area is 114 Å². The highest BCUT2D eigenvalue weighted by Gasteiger charge is 2.15. The van der Waals surface area contributed by atoms with Crippen molar-refractivity contribution in [2.45, 2.75) is 33.1 Å². The molecule has 0 saturated carbocycles. The Hall–Kier alpha value is -1.68. The number of rotatable bonds is 3. The van der Waals surface area contributed by atoms with Crippen LogP contribution < -0.4 is 10.7 Å². The molecule has 0 fully saturated rings. The molecular weight excluding hydrogens is 252 g/mol. The highest BCUT2D eigenvalue weighted by atomic mass is 28.3. The van der Waals surface area contributed by atoms with Gasteiger partial charge in [0.25, 0.3) is 5.56 Å². The Morgan fingerprint density at radius 3 is 2.32 bits per heavy atom. The molecule has 3 nitrogen and oxygen atoms in total. The second-order valence-electron chi connectivity index (χ2n) is 5.98. The van der Waals surface area contributed by atoms with Crippen molar-refractivity contribution in [1.82, 2.24) is 9.78 Å². The molecule has 100 valence electrons. The van der Waals surface area contributed by atoms with Gasteiger partial charge < -0.3 is 0 Å². The molecule has 0 unspecified atom stereocenters. The van der Waals surface area contributed by atoms with Gasteiger partial charge in [-0.05, 0) is 18.1 Å². The lowest BCUT2D eigenvalue weighted by molar-refractivity contribution is 0.636. The highest BCUT2D eigenvalue weighted by Crippen LogP contribution is 2.05. The van der Waals surface area contributed by atoms with Crippen LogP contribution in [0, 0.1) is 6.92 Å². The average molecular weight is 272 g/mol. The number of nitrogens with zero attached hydrogens (tertiary/aromatic N) is 2. The van der Waals surface area contributed by atoms with Crippen molar-refractivity contribution in [1.29, 1.82) is 0 Å². The Morgan fingerprint density at radius 2 is 1.79 bits per heavy atom. The molecule has 0 spiro atoms. The Kier molecular flexibility index (Phi) is 3.71. The van der Waals surface area contributed by atoms with Crippen LogP contribution in [0.25, 0.3) is 0 Å². The van der Waals surface area contributed by atoms with Gasteiger partial charge in [0.15, 0.2) is 0 Å². The van der Waals surface area contributed by atoms with Crippen molar-refractivity contribution < 1.29 is 0 Å². The summed E-state index contributed by atoms with van der Waals surface area (Å²) in [6.45, 7) is 9.39. The van der Waals surface area contributed by atoms with E-state index in [0.29, 0.717) is 6.54 Å². The molecule has 1 heterocycles. The maximum atomic E-state index is 11.8. The first kappa shape index (κ1) is 13.7. The molecule has 2 aromatic rings. The number of benzene rings is 1. The van der Waals surface area contributed by atoms with Crippen molar-refractivity contribution in [3.63, 3.8) is 0 Å². The minimum atomic E-state index is -1.25. The van der Waals surface area contributed by atoms with Gasteiger partial charge in [0.1, 0.15) is 0 Å². The first-order valence-corrected chi connectivity index (χ1v) is 9.99. The van der Waals surface area contributed by atoms with Crippen molar-refractivity contribution in [2.24, 2.45) is 0 Å². The molecule has 0 N–H and O–H groups in total.